The number of aromatic amines is 1. The molecular weight excluding hydrogens is 432 g/mol. The molecule has 0 saturated heterocycles. The van der Waals surface area contributed by atoms with Crippen LogP contribution in [0.15, 0.2) is 54.7 Å². The maximum atomic E-state index is 12.9. The van der Waals surface area contributed by atoms with Crippen LogP contribution in [0.4, 0.5) is 11.4 Å². The van der Waals surface area contributed by atoms with Crippen molar-refractivity contribution in [1.29, 1.82) is 0 Å². The quantitative estimate of drug-likeness (QED) is 0.370. The van der Waals surface area contributed by atoms with Gasteiger partial charge in [0.1, 0.15) is 17.1 Å². The lowest BCUT2D eigenvalue weighted by Gasteiger charge is -2.13. The topological polar surface area (TPSA) is 105 Å². The summed E-state index contributed by atoms with van der Waals surface area (Å²) in [7, 11) is 1.34. The molecule has 34 heavy (non-hydrogen) atoms. The number of ether oxygens (including phenoxy) is 2. The fourth-order valence-corrected chi connectivity index (χ4v) is 4.06. The van der Waals surface area contributed by atoms with Gasteiger partial charge in [0.25, 0.3) is 5.91 Å². The molecular formula is C26H24N4O4. The molecule has 1 aliphatic rings. The van der Waals surface area contributed by atoms with Crippen LogP contribution in [0, 0.1) is 6.92 Å². The standard InChI is InChI=1S/C26H24N4O4/c1-15-6-7-19(29-25(31)21-5-3-4-16-8-9-34-23(16)21)11-18(15)13-27-20-10-17-12-22(26(32)33-2)30-24(17)28-14-20/h3-7,10-12,14,27H,8-9,13H2,1-2H3,(H,28,30)(H,29,31). The van der Waals surface area contributed by atoms with E-state index in [0.29, 0.717) is 41.5 Å². The van der Waals surface area contributed by atoms with Crippen LogP contribution in [0.3, 0.4) is 0 Å². The Kier molecular flexibility index (Phi) is 5.63. The van der Waals surface area contributed by atoms with Crippen LogP contribution < -0.4 is 15.4 Å². The molecule has 0 bridgehead atoms. The van der Waals surface area contributed by atoms with E-state index in [-0.39, 0.29) is 5.91 Å². The first-order valence-electron chi connectivity index (χ1n) is 11.0. The van der Waals surface area contributed by atoms with Gasteiger partial charge in [0.2, 0.25) is 0 Å². The van der Waals surface area contributed by atoms with Gasteiger partial charge in [-0.2, -0.15) is 0 Å². The Morgan fingerprint density at radius 3 is 2.88 bits per heavy atom. The Bertz CT molecular complexity index is 1410. The molecule has 0 unspecified atom stereocenters. The van der Waals surface area contributed by atoms with Crippen LogP contribution in [0.2, 0.25) is 0 Å². The van der Waals surface area contributed by atoms with Crippen molar-refractivity contribution in [2.75, 3.05) is 24.4 Å². The number of H-pyrrole nitrogens is 1. The second-order valence-corrected chi connectivity index (χ2v) is 8.18. The average molecular weight is 457 g/mol. The summed E-state index contributed by atoms with van der Waals surface area (Å²) in [6.45, 7) is 3.17. The minimum atomic E-state index is -0.436. The first-order valence-corrected chi connectivity index (χ1v) is 11.0. The molecule has 0 aliphatic carbocycles. The zero-order chi connectivity index (χ0) is 23.7. The van der Waals surface area contributed by atoms with Gasteiger partial charge in [-0.1, -0.05) is 18.2 Å². The number of fused-ring (bicyclic) bond motifs is 2. The summed E-state index contributed by atoms with van der Waals surface area (Å²) in [5.41, 5.74) is 6.24. The van der Waals surface area contributed by atoms with E-state index < -0.39 is 5.97 Å². The van der Waals surface area contributed by atoms with E-state index in [0.717, 1.165) is 34.2 Å². The number of esters is 1. The summed E-state index contributed by atoms with van der Waals surface area (Å²) in [5, 5.41) is 7.16. The molecule has 3 heterocycles. The normalized spacial score (nSPS) is 12.2. The van der Waals surface area contributed by atoms with Crippen LogP contribution in [0.1, 0.15) is 37.5 Å². The number of hydrogen-bond acceptors (Lipinski definition) is 6. The monoisotopic (exact) mass is 456 g/mol. The van der Waals surface area contributed by atoms with Crippen LogP contribution in [-0.2, 0) is 17.7 Å². The highest BCUT2D eigenvalue weighted by Crippen LogP contribution is 2.30. The largest absolute Gasteiger partial charge is 0.492 e. The Morgan fingerprint density at radius 1 is 1.15 bits per heavy atom. The Morgan fingerprint density at radius 2 is 2.03 bits per heavy atom. The molecule has 0 spiro atoms. The summed E-state index contributed by atoms with van der Waals surface area (Å²) in [6.07, 6.45) is 2.53. The summed E-state index contributed by atoms with van der Waals surface area (Å²) in [4.78, 5) is 32.0. The predicted octanol–water partition coefficient (Wildman–Crippen LogP) is 4.46. The van der Waals surface area contributed by atoms with Gasteiger partial charge in [-0.25, -0.2) is 9.78 Å². The van der Waals surface area contributed by atoms with Crippen LogP contribution in [0.5, 0.6) is 5.75 Å². The van der Waals surface area contributed by atoms with Gasteiger partial charge in [-0.3, -0.25) is 4.79 Å². The van der Waals surface area contributed by atoms with Gasteiger partial charge in [0.05, 0.1) is 31.2 Å². The van der Waals surface area contributed by atoms with Crippen molar-refractivity contribution < 1.29 is 19.1 Å². The fraction of sp³-hybridized carbons (Fsp3) is 0.192. The van der Waals surface area contributed by atoms with Gasteiger partial charge < -0.3 is 25.1 Å². The van der Waals surface area contributed by atoms with E-state index in [1.165, 1.54) is 7.11 Å². The minimum Gasteiger partial charge on any atom is -0.492 e. The highest BCUT2D eigenvalue weighted by atomic mass is 16.5. The number of anilines is 2. The number of benzene rings is 2. The van der Waals surface area contributed by atoms with E-state index in [2.05, 4.69) is 20.6 Å². The molecule has 172 valence electrons. The first-order chi connectivity index (χ1) is 16.5. The van der Waals surface area contributed by atoms with Crippen molar-refractivity contribution in [3.05, 3.63) is 82.7 Å². The maximum absolute atomic E-state index is 12.9. The SMILES string of the molecule is COC(=O)c1cc2cc(NCc3cc(NC(=O)c4cccc5c4OCC5)ccc3C)cnc2[nH]1. The Hall–Kier alpha value is -4.33. The van der Waals surface area contributed by atoms with Crippen molar-refractivity contribution >= 4 is 34.3 Å². The van der Waals surface area contributed by atoms with Gasteiger partial charge in [0.15, 0.2) is 0 Å². The molecule has 3 N–H and O–H groups in total. The van der Waals surface area contributed by atoms with Crippen molar-refractivity contribution in [2.24, 2.45) is 0 Å². The summed E-state index contributed by atoms with van der Waals surface area (Å²) in [5.74, 6) is 0.0519. The molecule has 0 atom stereocenters. The van der Waals surface area contributed by atoms with E-state index in [4.69, 9.17) is 9.47 Å². The molecule has 0 radical (unpaired) electrons. The number of carbonyl (C=O) groups is 2. The Balaban J connectivity index is 1.30. The number of carbonyl (C=O) groups excluding carboxylic acids is 2. The van der Waals surface area contributed by atoms with Gasteiger partial charge >= 0.3 is 5.97 Å². The number of hydrogen-bond donors (Lipinski definition) is 3. The second-order valence-electron chi connectivity index (χ2n) is 8.18. The third kappa shape index (κ3) is 4.17. The molecule has 2 aromatic carbocycles. The lowest BCUT2D eigenvalue weighted by Crippen LogP contribution is -2.13. The Labute approximate surface area is 196 Å². The van der Waals surface area contributed by atoms with E-state index in [9.17, 15) is 9.59 Å². The molecule has 4 aromatic rings. The summed E-state index contributed by atoms with van der Waals surface area (Å²) < 4.78 is 10.4. The van der Waals surface area contributed by atoms with Crippen LogP contribution in [-0.4, -0.2) is 35.6 Å². The maximum Gasteiger partial charge on any atom is 0.354 e. The number of aromatic nitrogens is 2. The molecule has 1 aliphatic heterocycles. The molecule has 2 aromatic heterocycles. The molecule has 0 fully saturated rings. The highest BCUT2D eigenvalue weighted by molar-refractivity contribution is 6.06. The zero-order valence-corrected chi connectivity index (χ0v) is 18.9. The summed E-state index contributed by atoms with van der Waals surface area (Å²) in [6, 6.07) is 15.1. The van der Waals surface area contributed by atoms with E-state index in [1.54, 1.807) is 18.3 Å². The number of amides is 1. The minimum absolute atomic E-state index is 0.190. The zero-order valence-electron chi connectivity index (χ0n) is 18.9. The molecule has 1 amide bonds. The lowest BCUT2D eigenvalue weighted by molar-refractivity contribution is 0.0595. The third-order valence-electron chi connectivity index (χ3n) is 5.92. The van der Waals surface area contributed by atoms with Crippen LogP contribution >= 0.6 is 0 Å². The summed E-state index contributed by atoms with van der Waals surface area (Å²) >= 11 is 0. The van der Waals surface area contributed by atoms with E-state index in [1.807, 2.05) is 43.3 Å². The van der Waals surface area contributed by atoms with Crippen molar-refractivity contribution in [3.8, 4) is 5.75 Å². The van der Waals surface area contributed by atoms with Gasteiger partial charge in [0, 0.05) is 24.0 Å². The average Bonchev–Trinajstić information content (AvgIpc) is 3.50. The van der Waals surface area contributed by atoms with Crippen molar-refractivity contribution in [2.45, 2.75) is 19.9 Å². The lowest BCUT2D eigenvalue weighted by atomic mass is 10.1. The molecule has 8 nitrogen and oxygen atoms in total. The van der Waals surface area contributed by atoms with Crippen LogP contribution in [0.25, 0.3) is 11.0 Å². The first kappa shape index (κ1) is 21.5. The second kappa shape index (κ2) is 8.90. The number of pyridine rings is 1. The number of nitrogens with zero attached hydrogens (tertiary/aromatic N) is 1. The smallest absolute Gasteiger partial charge is 0.354 e. The predicted molar refractivity (Wildman–Crippen MR) is 130 cm³/mol. The fourth-order valence-electron chi connectivity index (χ4n) is 4.06. The molecule has 0 saturated carbocycles. The van der Waals surface area contributed by atoms with Crippen molar-refractivity contribution in [3.63, 3.8) is 0 Å². The van der Waals surface area contributed by atoms with Gasteiger partial charge in [-0.15, -0.1) is 0 Å². The number of para-hydroxylation sites is 1. The van der Waals surface area contributed by atoms with Gasteiger partial charge in [-0.05, 0) is 53.9 Å². The van der Waals surface area contributed by atoms with Crippen molar-refractivity contribution in [1.82, 2.24) is 9.97 Å². The number of nitrogens with one attached hydrogen (secondary N) is 3. The molecule has 8 heteroatoms. The number of rotatable bonds is 6. The highest BCUT2D eigenvalue weighted by Gasteiger charge is 2.20. The number of aryl methyl sites for hydroxylation is 1. The molecule has 5 rings (SSSR count). The third-order valence-corrected chi connectivity index (χ3v) is 5.92. The number of methoxy groups -OCH3 is 1. The van der Waals surface area contributed by atoms with E-state index >= 15 is 0 Å².